The predicted octanol–water partition coefficient (Wildman–Crippen LogP) is 3.99. The summed E-state index contributed by atoms with van der Waals surface area (Å²) in [7, 11) is 6.25. The topological polar surface area (TPSA) is 57.2 Å². The Morgan fingerprint density at radius 3 is 2.19 bits per heavy atom. The molecular weight excluding hydrogens is 332 g/mol. The third-order valence-electron chi connectivity index (χ3n) is 2.75. The van der Waals surface area contributed by atoms with E-state index in [2.05, 4.69) is 19.4 Å². The standard InChI is InChI=1S/C17H26O5.C2H6.C2H2/c1-14(21-4)16(9-7-12-19-2)17(18)10-6-8-15(22-5)11-13-20-3;2*1-2/h6-9,11-12,17-18H,1,10,13H2,2-5H3;1-2H3;1-2H/b8-6-,12-7+,15-11+,16-9+;;. The van der Waals surface area contributed by atoms with Gasteiger partial charge in [-0.2, -0.15) is 0 Å². The van der Waals surface area contributed by atoms with E-state index in [-0.39, 0.29) is 0 Å². The fourth-order valence-corrected chi connectivity index (χ4v) is 1.55. The van der Waals surface area contributed by atoms with E-state index in [4.69, 9.17) is 18.9 Å². The van der Waals surface area contributed by atoms with Gasteiger partial charge < -0.3 is 24.1 Å². The number of aliphatic hydroxyl groups excluding tert-OH is 1. The minimum atomic E-state index is -0.745. The molecule has 0 aromatic heterocycles. The maximum atomic E-state index is 10.3. The molecule has 0 aromatic carbocycles. The third-order valence-corrected chi connectivity index (χ3v) is 2.75. The first-order chi connectivity index (χ1) is 12.6. The van der Waals surface area contributed by atoms with Crippen molar-refractivity contribution in [2.24, 2.45) is 0 Å². The van der Waals surface area contributed by atoms with E-state index < -0.39 is 6.10 Å². The zero-order valence-electron chi connectivity index (χ0n) is 16.9. The molecule has 148 valence electrons. The van der Waals surface area contributed by atoms with Crippen molar-refractivity contribution >= 4 is 0 Å². The van der Waals surface area contributed by atoms with Crippen molar-refractivity contribution in [2.45, 2.75) is 26.4 Å². The quantitative estimate of drug-likeness (QED) is 0.340. The van der Waals surface area contributed by atoms with Crippen LogP contribution >= 0.6 is 0 Å². The second kappa shape index (κ2) is 22.6. The third kappa shape index (κ3) is 15.1. The van der Waals surface area contributed by atoms with Crippen molar-refractivity contribution in [1.82, 2.24) is 0 Å². The van der Waals surface area contributed by atoms with E-state index in [1.54, 1.807) is 45.6 Å². The zero-order valence-corrected chi connectivity index (χ0v) is 16.9. The van der Waals surface area contributed by atoms with Crippen molar-refractivity contribution in [2.75, 3.05) is 35.0 Å². The molecule has 0 aliphatic rings. The highest BCUT2D eigenvalue weighted by Gasteiger charge is 2.12. The van der Waals surface area contributed by atoms with E-state index in [1.807, 2.05) is 19.9 Å². The summed E-state index contributed by atoms with van der Waals surface area (Å²) in [6.45, 7) is 8.23. The number of rotatable bonds is 11. The van der Waals surface area contributed by atoms with Gasteiger partial charge in [0, 0.05) is 12.7 Å². The molecule has 5 nitrogen and oxygen atoms in total. The Balaban J connectivity index is -0.00000123. The lowest BCUT2D eigenvalue weighted by Crippen LogP contribution is -2.11. The Kier molecular flexibility index (Phi) is 24.7. The Morgan fingerprint density at radius 1 is 1.12 bits per heavy atom. The molecule has 5 heteroatoms. The van der Waals surface area contributed by atoms with Gasteiger partial charge in [-0.15, -0.1) is 12.8 Å². The van der Waals surface area contributed by atoms with Gasteiger partial charge in [0.05, 0.1) is 40.3 Å². The van der Waals surface area contributed by atoms with E-state index in [0.29, 0.717) is 30.1 Å². The number of allylic oxidation sites excluding steroid dienone is 3. The van der Waals surface area contributed by atoms with Gasteiger partial charge in [0.15, 0.2) is 0 Å². The summed E-state index contributed by atoms with van der Waals surface area (Å²) < 4.78 is 20.0. The number of hydrogen-bond donors (Lipinski definition) is 1. The number of ether oxygens (including phenoxy) is 4. The number of terminal acetylenes is 1. The first-order valence-electron chi connectivity index (χ1n) is 8.14. The Hall–Kier alpha value is -2.42. The van der Waals surface area contributed by atoms with Crippen molar-refractivity contribution in [3.8, 4) is 12.8 Å². The molecule has 1 unspecified atom stereocenters. The highest BCUT2D eigenvalue weighted by Crippen LogP contribution is 2.17. The van der Waals surface area contributed by atoms with Gasteiger partial charge in [0.25, 0.3) is 0 Å². The SMILES string of the molecule is C#C.C=C(OC)/C(=C\C=C\OC)C(O)C/C=C\C(=C/COC)OC.CC. The molecule has 0 saturated heterocycles. The van der Waals surface area contributed by atoms with Crippen molar-refractivity contribution in [3.05, 3.63) is 60.3 Å². The van der Waals surface area contributed by atoms with Gasteiger partial charge >= 0.3 is 0 Å². The van der Waals surface area contributed by atoms with Crippen LogP contribution in [0.2, 0.25) is 0 Å². The Morgan fingerprint density at radius 2 is 1.73 bits per heavy atom. The maximum absolute atomic E-state index is 10.3. The van der Waals surface area contributed by atoms with E-state index in [9.17, 15) is 5.11 Å². The van der Waals surface area contributed by atoms with Crippen molar-refractivity contribution in [3.63, 3.8) is 0 Å². The van der Waals surface area contributed by atoms with Gasteiger partial charge in [-0.05, 0) is 30.7 Å². The van der Waals surface area contributed by atoms with Gasteiger partial charge in [0.2, 0.25) is 0 Å². The van der Waals surface area contributed by atoms with Crippen LogP contribution in [0.1, 0.15) is 20.3 Å². The van der Waals surface area contributed by atoms with Crippen LogP contribution in [0.3, 0.4) is 0 Å². The molecule has 1 N–H and O–H groups in total. The molecule has 0 aliphatic carbocycles. The second-order valence-corrected chi connectivity index (χ2v) is 4.23. The van der Waals surface area contributed by atoms with Crippen LogP contribution in [-0.2, 0) is 18.9 Å². The first-order valence-corrected chi connectivity index (χ1v) is 8.14. The van der Waals surface area contributed by atoms with Gasteiger partial charge in [0.1, 0.15) is 11.5 Å². The van der Waals surface area contributed by atoms with E-state index in [1.165, 1.54) is 13.4 Å². The monoisotopic (exact) mass is 366 g/mol. The summed E-state index contributed by atoms with van der Waals surface area (Å²) >= 11 is 0. The highest BCUT2D eigenvalue weighted by molar-refractivity contribution is 5.31. The van der Waals surface area contributed by atoms with Gasteiger partial charge in [-0.1, -0.05) is 26.5 Å². The Bertz CT molecular complexity index is 470. The molecule has 0 aromatic rings. The maximum Gasteiger partial charge on any atom is 0.117 e. The number of hydrogen-bond acceptors (Lipinski definition) is 5. The lowest BCUT2D eigenvalue weighted by Gasteiger charge is -2.14. The minimum absolute atomic E-state index is 0.392. The molecule has 0 saturated carbocycles. The van der Waals surface area contributed by atoms with E-state index in [0.717, 1.165) is 0 Å². The van der Waals surface area contributed by atoms with Crippen LogP contribution in [0.15, 0.2) is 60.3 Å². The van der Waals surface area contributed by atoms with Crippen LogP contribution in [0.4, 0.5) is 0 Å². The molecule has 0 spiro atoms. The molecule has 0 bridgehead atoms. The highest BCUT2D eigenvalue weighted by atomic mass is 16.5. The van der Waals surface area contributed by atoms with Crippen molar-refractivity contribution < 1.29 is 24.1 Å². The van der Waals surface area contributed by atoms with Crippen LogP contribution in [0.25, 0.3) is 0 Å². The first kappa shape index (κ1) is 28.4. The fraction of sp³-hybridized carbons (Fsp3) is 0.429. The zero-order chi connectivity index (χ0) is 20.8. The smallest absolute Gasteiger partial charge is 0.117 e. The average Bonchev–Trinajstić information content (AvgIpc) is 2.70. The molecule has 0 rings (SSSR count). The summed E-state index contributed by atoms with van der Waals surface area (Å²) in [5.41, 5.74) is 0.584. The molecular formula is C21H34O5. The molecule has 0 heterocycles. The molecule has 1 atom stereocenters. The van der Waals surface area contributed by atoms with Crippen LogP contribution in [0.5, 0.6) is 0 Å². The minimum Gasteiger partial charge on any atom is -0.504 e. The summed E-state index contributed by atoms with van der Waals surface area (Å²) in [6, 6.07) is 0. The largest absolute Gasteiger partial charge is 0.504 e. The molecule has 0 radical (unpaired) electrons. The summed E-state index contributed by atoms with van der Waals surface area (Å²) in [5, 5.41) is 10.3. The van der Waals surface area contributed by atoms with Gasteiger partial charge in [-0.3, -0.25) is 0 Å². The summed E-state index contributed by atoms with van der Waals surface area (Å²) in [4.78, 5) is 0. The van der Waals surface area contributed by atoms with Crippen LogP contribution in [-0.4, -0.2) is 46.3 Å². The second-order valence-electron chi connectivity index (χ2n) is 4.23. The summed E-state index contributed by atoms with van der Waals surface area (Å²) in [5.74, 6) is 1.08. The Labute approximate surface area is 159 Å². The molecule has 0 amide bonds. The molecule has 0 fully saturated rings. The lowest BCUT2D eigenvalue weighted by atomic mass is 10.0. The number of methoxy groups -OCH3 is 4. The van der Waals surface area contributed by atoms with Crippen LogP contribution < -0.4 is 0 Å². The lowest BCUT2D eigenvalue weighted by molar-refractivity contribution is 0.197. The normalized spacial score (nSPS) is 12.5. The summed E-state index contributed by atoms with van der Waals surface area (Å²) in [6.07, 6.45) is 17.9. The molecule has 26 heavy (non-hydrogen) atoms. The van der Waals surface area contributed by atoms with Gasteiger partial charge in [-0.25, -0.2) is 0 Å². The van der Waals surface area contributed by atoms with Crippen molar-refractivity contribution in [1.29, 1.82) is 0 Å². The average molecular weight is 366 g/mol. The van der Waals surface area contributed by atoms with Crippen LogP contribution in [0, 0.1) is 12.8 Å². The predicted molar refractivity (Wildman–Crippen MR) is 108 cm³/mol. The fourth-order valence-electron chi connectivity index (χ4n) is 1.55. The number of aliphatic hydroxyl groups is 1. The molecule has 0 aliphatic heterocycles. The van der Waals surface area contributed by atoms with E-state index >= 15 is 0 Å².